The van der Waals surface area contributed by atoms with E-state index in [2.05, 4.69) is 140 Å². The first kappa shape index (κ1) is 29.1. The Hall–Kier alpha value is -3.48. The molecule has 3 aromatic rings. The highest BCUT2D eigenvalue weighted by Crippen LogP contribution is 2.55. The summed E-state index contributed by atoms with van der Waals surface area (Å²) in [6.07, 6.45) is 24.3. The summed E-state index contributed by atoms with van der Waals surface area (Å²) in [4.78, 5) is 10.5. The van der Waals surface area contributed by atoms with Crippen LogP contribution in [0.25, 0.3) is 0 Å². The SMILES string of the molecule is O=C(O)CCC/C=C/C/C=C/C/C=C\C/C=C/CC[P+](c1ccccc1)(c1ccccc1)c1ccccc1. The molecule has 0 fully saturated rings. The molecule has 0 atom stereocenters. The monoisotopic (exact) mass is 523 g/mol. The van der Waals surface area contributed by atoms with Crippen LogP contribution in [0.5, 0.6) is 0 Å². The standard InChI is InChI=1S/C35H39O2P/c36-35(37)30-22-11-9-7-5-3-1-2-4-6-8-10-12-23-31-38(32-24-16-13-17-25-32,33-26-18-14-19-27-33)34-28-20-15-21-29-34/h1,3-4,6-7,9-10,12-21,24-29H,2,5,8,11,22-23,30-31H2/p+1/b3-1+,6-4-,9-7+,12-10+. The molecule has 0 unspecified atom stereocenters. The lowest BCUT2D eigenvalue weighted by atomic mass is 10.2. The number of carbonyl (C=O) groups is 1. The molecule has 0 saturated heterocycles. The van der Waals surface area contributed by atoms with Crippen LogP contribution in [-0.4, -0.2) is 17.2 Å². The van der Waals surface area contributed by atoms with Gasteiger partial charge >= 0.3 is 5.97 Å². The van der Waals surface area contributed by atoms with Gasteiger partial charge in [0.25, 0.3) is 0 Å². The Bertz CT molecular complexity index is 1080. The number of hydrogen-bond acceptors (Lipinski definition) is 1. The summed E-state index contributed by atoms with van der Waals surface area (Å²) in [5.41, 5.74) is 0. The minimum absolute atomic E-state index is 0.245. The van der Waals surface area contributed by atoms with E-state index in [4.69, 9.17) is 5.11 Å². The lowest BCUT2D eigenvalue weighted by Gasteiger charge is -2.27. The summed E-state index contributed by atoms with van der Waals surface area (Å²) < 4.78 is 0. The van der Waals surface area contributed by atoms with Gasteiger partial charge in [-0.1, -0.05) is 103 Å². The third-order valence-corrected chi connectivity index (χ3v) is 10.9. The molecule has 2 nitrogen and oxygen atoms in total. The normalized spacial score (nSPS) is 12.3. The summed E-state index contributed by atoms with van der Waals surface area (Å²) in [6, 6.07) is 33.2. The largest absolute Gasteiger partial charge is 0.481 e. The summed E-state index contributed by atoms with van der Waals surface area (Å²) in [5, 5.41) is 12.9. The van der Waals surface area contributed by atoms with Crippen LogP contribution in [0.4, 0.5) is 0 Å². The van der Waals surface area contributed by atoms with Crippen molar-refractivity contribution in [2.24, 2.45) is 0 Å². The first-order chi connectivity index (χ1) is 18.7. The van der Waals surface area contributed by atoms with Gasteiger partial charge in [0.2, 0.25) is 0 Å². The van der Waals surface area contributed by atoms with Crippen molar-refractivity contribution in [3.8, 4) is 0 Å². The van der Waals surface area contributed by atoms with Crippen molar-refractivity contribution < 1.29 is 9.90 Å². The number of carboxylic acid groups (broad SMARTS) is 1. The number of allylic oxidation sites excluding steroid dienone is 8. The number of hydrogen-bond donors (Lipinski definition) is 1. The van der Waals surface area contributed by atoms with Crippen molar-refractivity contribution in [2.45, 2.75) is 44.9 Å². The lowest BCUT2D eigenvalue weighted by Crippen LogP contribution is -2.33. The van der Waals surface area contributed by atoms with Crippen LogP contribution in [0.1, 0.15) is 44.9 Å². The first-order valence-electron chi connectivity index (χ1n) is 13.6. The molecule has 0 amide bonds. The lowest BCUT2D eigenvalue weighted by molar-refractivity contribution is -0.137. The van der Waals surface area contributed by atoms with Crippen LogP contribution in [0.3, 0.4) is 0 Å². The number of carboxylic acids is 1. The van der Waals surface area contributed by atoms with Gasteiger partial charge < -0.3 is 5.11 Å². The fourth-order valence-corrected chi connectivity index (χ4v) is 8.82. The van der Waals surface area contributed by atoms with Crippen LogP contribution in [0, 0.1) is 0 Å². The smallest absolute Gasteiger partial charge is 0.303 e. The highest BCUT2D eigenvalue weighted by Gasteiger charge is 2.44. The van der Waals surface area contributed by atoms with Gasteiger partial charge in [-0.25, -0.2) is 0 Å². The molecule has 0 heterocycles. The molecule has 3 heteroatoms. The van der Waals surface area contributed by atoms with E-state index in [1.807, 2.05) is 0 Å². The average molecular weight is 524 g/mol. The molecule has 0 bridgehead atoms. The fraction of sp³-hybridized carbons (Fsp3) is 0.229. The Kier molecular flexibility index (Phi) is 13.1. The minimum Gasteiger partial charge on any atom is -0.481 e. The Labute approximate surface area is 229 Å². The zero-order chi connectivity index (χ0) is 26.7. The minimum atomic E-state index is -1.75. The van der Waals surface area contributed by atoms with E-state index in [-0.39, 0.29) is 6.42 Å². The van der Waals surface area contributed by atoms with Gasteiger partial charge in [-0.05, 0) is 68.5 Å². The fourth-order valence-electron chi connectivity index (χ4n) is 4.57. The van der Waals surface area contributed by atoms with Crippen LogP contribution in [0.15, 0.2) is 140 Å². The third-order valence-electron chi connectivity index (χ3n) is 6.47. The molecule has 0 aliphatic rings. The van der Waals surface area contributed by atoms with E-state index >= 15 is 0 Å². The van der Waals surface area contributed by atoms with Gasteiger partial charge in [-0.15, -0.1) is 0 Å². The molecular weight excluding hydrogens is 483 g/mol. The van der Waals surface area contributed by atoms with Crippen molar-refractivity contribution in [1.82, 2.24) is 0 Å². The van der Waals surface area contributed by atoms with E-state index in [9.17, 15) is 4.79 Å². The maximum atomic E-state index is 10.5. The third kappa shape index (κ3) is 9.43. The van der Waals surface area contributed by atoms with E-state index < -0.39 is 13.2 Å². The second-order valence-electron chi connectivity index (χ2n) is 9.21. The molecule has 0 saturated carbocycles. The first-order valence-corrected chi connectivity index (χ1v) is 15.6. The molecule has 3 rings (SSSR count). The van der Waals surface area contributed by atoms with Gasteiger partial charge in [-0.3, -0.25) is 4.79 Å². The molecule has 38 heavy (non-hydrogen) atoms. The van der Waals surface area contributed by atoms with Crippen LogP contribution < -0.4 is 15.9 Å². The molecular formula is C35H40O2P+. The molecule has 0 radical (unpaired) electrons. The van der Waals surface area contributed by atoms with Crippen LogP contribution in [0.2, 0.25) is 0 Å². The predicted octanol–water partition coefficient (Wildman–Crippen LogP) is 8.02. The van der Waals surface area contributed by atoms with Crippen molar-refractivity contribution in [1.29, 1.82) is 0 Å². The van der Waals surface area contributed by atoms with Crippen molar-refractivity contribution in [3.63, 3.8) is 0 Å². The quantitative estimate of drug-likeness (QED) is 0.117. The maximum absolute atomic E-state index is 10.5. The van der Waals surface area contributed by atoms with Crippen molar-refractivity contribution >= 4 is 29.1 Å². The Morgan fingerprint density at radius 2 is 0.921 bits per heavy atom. The van der Waals surface area contributed by atoms with E-state index in [0.29, 0.717) is 6.42 Å². The summed E-state index contributed by atoms with van der Waals surface area (Å²) in [7, 11) is -1.75. The molecule has 0 aliphatic heterocycles. The highest BCUT2D eigenvalue weighted by atomic mass is 31.2. The maximum Gasteiger partial charge on any atom is 0.303 e. The number of rotatable bonds is 16. The molecule has 0 aromatic heterocycles. The van der Waals surface area contributed by atoms with E-state index in [1.165, 1.54) is 15.9 Å². The molecule has 0 spiro atoms. The Balaban J connectivity index is 1.53. The van der Waals surface area contributed by atoms with Gasteiger partial charge in [0.1, 0.15) is 23.2 Å². The highest BCUT2D eigenvalue weighted by molar-refractivity contribution is 7.95. The predicted molar refractivity (Wildman–Crippen MR) is 167 cm³/mol. The summed E-state index contributed by atoms with van der Waals surface area (Å²) in [5.74, 6) is -0.721. The molecule has 1 N–H and O–H groups in total. The second-order valence-corrected chi connectivity index (χ2v) is 12.8. The van der Waals surface area contributed by atoms with Gasteiger partial charge in [0, 0.05) is 12.8 Å². The van der Waals surface area contributed by atoms with Gasteiger partial charge in [-0.2, -0.15) is 0 Å². The van der Waals surface area contributed by atoms with Crippen molar-refractivity contribution in [2.75, 3.05) is 6.16 Å². The summed E-state index contributed by atoms with van der Waals surface area (Å²) >= 11 is 0. The van der Waals surface area contributed by atoms with E-state index in [1.54, 1.807) is 0 Å². The Morgan fingerprint density at radius 1 is 0.553 bits per heavy atom. The number of aliphatic carboxylic acids is 1. The average Bonchev–Trinajstić information content (AvgIpc) is 2.96. The number of unbranched alkanes of at least 4 members (excludes halogenated alkanes) is 1. The van der Waals surface area contributed by atoms with Gasteiger partial charge in [0.15, 0.2) is 0 Å². The van der Waals surface area contributed by atoms with E-state index in [0.717, 1.165) is 38.3 Å². The number of benzene rings is 3. The van der Waals surface area contributed by atoms with Crippen molar-refractivity contribution in [3.05, 3.63) is 140 Å². The van der Waals surface area contributed by atoms with Gasteiger partial charge in [0.05, 0.1) is 6.16 Å². The molecule has 3 aromatic carbocycles. The topological polar surface area (TPSA) is 37.3 Å². The van der Waals surface area contributed by atoms with Crippen LogP contribution in [-0.2, 0) is 4.79 Å². The van der Waals surface area contributed by atoms with Crippen LogP contribution >= 0.6 is 7.26 Å². The molecule has 196 valence electrons. The Morgan fingerprint density at radius 3 is 1.32 bits per heavy atom. The second kappa shape index (κ2) is 17.1. The zero-order valence-corrected chi connectivity index (χ0v) is 23.1. The molecule has 0 aliphatic carbocycles. The summed E-state index contributed by atoms with van der Waals surface area (Å²) in [6.45, 7) is 0. The zero-order valence-electron chi connectivity index (χ0n) is 22.2.